The topological polar surface area (TPSA) is 422 Å². The maximum atomic E-state index is 13.9. The molecule has 32 heteroatoms. The average molecular weight is 1770 g/mol. The number of nitrogens with zero attached hydrogens (tertiary/aromatic N) is 6. The molecule has 646 valence electrons. The van der Waals surface area contributed by atoms with Gasteiger partial charge in [0.2, 0.25) is 34.9 Å². The Kier molecular flexibility index (Phi) is 30.5. The molecular weight excluding hydrogens is 1670 g/mol. The summed E-state index contributed by atoms with van der Waals surface area (Å²) in [7, 11) is 0. The number of fused-ring (bicyclic) bond motifs is 6. The van der Waals surface area contributed by atoms with Gasteiger partial charge in [-0.1, -0.05) is 157 Å². The fourth-order valence-corrected chi connectivity index (χ4v) is 17.7. The van der Waals surface area contributed by atoms with E-state index in [2.05, 4.69) is 26.3 Å². The number of nitrogens with two attached hydrogens (primary N) is 4. The van der Waals surface area contributed by atoms with Crippen LogP contribution in [-0.2, 0) is 102 Å². The van der Waals surface area contributed by atoms with Crippen LogP contribution in [0.3, 0.4) is 0 Å². The summed E-state index contributed by atoms with van der Waals surface area (Å²) in [6.45, 7) is 7.55. The number of pyridine rings is 2. The Labute approximate surface area is 737 Å². The Hall–Kier alpha value is -10.5. The van der Waals surface area contributed by atoms with E-state index in [1.54, 1.807) is 147 Å². The van der Waals surface area contributed by atoms with Crippen LogP contribution in [0.2, 0.25) is 25.1 Å². The van der Waals surface area contributed by atoms with Crippen molar-refractivity contribution >= 4 is 105 Å². The standard InChI is InChI=1S/C26H25ClN4O4.C26H25ClN4O3.C21H23Cl2N3O3.C18H26ClN3O3/c27-18-10-9-16(14-28)17(13-18)15-29-24(32)22-8-4-11-30(22)25(33)26(34)20-6-2-1-5-19(20)23-21(26)7-3-12-31(23)35;27-18-10-9-16(14-28)17(13-18)15-30-24(32)22-8-4-12-31(22)25(33)26(34)20-6-2-1-5-19(20)23-21(26)7-3-11-29-23;22-16-4-1-3-13(9-16)19(27)21(29)26-8-2-5-18(26)20(28)25-12-15-10-17(23)7-6-14(15)11-24;1-11(2)16(23)18(25)22-7-3-4-15(22)17(24)21-10-13-8-14(19)6-5-12(13)9-20/h1-3,5-7,9-10,12-13,22,34H,4,8,11,14-15,28H2,(H,29,32);1-3,5-7,9-11,13,22,34H,4,8,12,14-15,28H2,(H,30,32);1,3-4,6-7,9-10,18-19,27H,2,5,8,11-12,24H2,(H,25,28);5-6,8,11,15-16,23H,3-4,7,9-10,20H2,1-2H3,(H,21,24). The summed E-state index contributed by atoms with van der Waals surface area (Å²) >= 11 is 30.2. The van der Waals surface area contributed by atoms with Crippen LogP contribution in [0, 0.1) is 11.1 Å². The Bertz CT molecular complexity index is 5390. The lowest BCUT2D eigenvalue weighted by Crippen LogP contribution is -2.53. The lowest BCUT2D eigenvalue weighted by molar-refractivity contribution is -0.594. The van der Waals surface area contributed by atoms with E-state index in [1.165, 1.54) is 31.9 Å². The van der Waals surface area contributed by atoms with Gasteiger partial charge in [0.1, 0.15) is 30.3 Å². The number of carbonyl (C=O) groups is 8. The molecule has 27 nitrogen and oxygen atoms in total. The molecule has 4 aliphatic heterocycles. The number of aliphatic hydroxyl groups excluding tert-OH is 2. The number of nitrogens with one attached hydrogen (secondary N) is 4. The van der Waals surface area contributed by atoms with Gasteiger partial charge in [0.05, 0.1) is 16.8 Å². The van der Waals surface area contributed by atoms with Gasteiger partial charge < -0.3 is 89.4 Å². The summed E-state index contributed by atoms with van der Waals surface area (Å²) in [5.41, 5.74) is 30.0. The first-order chi connectivity index (χ1) is 59.0. The number of benzene rings is 7. The van der Waals surface area contributed by atoms with Crippen LogP contribution >= 0.6 is 58.0 Å². The number of hydrogen-bond donors (Lipinski definition) is 12. The molecule has 0 bridgehead atoms. The molecule has 16 N–H and O–H groups in total. The van der Waals surface area contributed by atoms with Crippen LogP contribution in [0.15, 0.2) is 182 Å². The summed E-state index contributed by atoms with van der Waals surface area (Å²) in [6, 6.07) is 45.9. The van der Waals surface area contributed by atoms with Crippen molar-refractivity contribution in [2.75, 3.05) is 26.2 Å². The van der Waals surface area contributed by atoms with Gasteiger partial charge in [-0.2, -0.15) is 4.73 Å². The van der Waals surface area contributed by atoms with Gasteiger partial charge in [0, 0.05) is 138 Å². The highest BCUT2D eigenvalue weighted by atomic mass is 35.5. The minimum absolute atomic E-state index is 0.185. The minimum atomic E-state index is -2.05. The SMILES string of the molecule is CC(C)C(O)C(=O)N1CCCC1C(=O)NCc1cc(Cl)ccc1CN.NCc1ccc(Cl)cc1CNC(=O)C1CCCN1C(=O)C(O)c1cccc(Cl)c1.NCc1ccc(Cl)cc1CNC(=O)C1CCCN1C(=O)C1(O)c2ccccc2-c2c1ccc[n+]2[O-].NCc1ccc(Cl)cc1CNC(=O)C1CCCN1C(=O)C1(O)c2ccccc2-c2ncccc21. The van der Waals surface area contributed by atoms with Crippen LogP contribution < -0.4 is 48.9 Å². The molecule has 6 heterocycles. The van der Waals surface area contributed by atoms with Crippen molar-refractivity contribution in [3.05, 3.63) is 285 Å². The second-order valence-corrected chi connectivity index (χ2v) is 33.4. The molecule has 4 fully saturated rings. The average Bonchev–Trinajstić information content (AvgIpc) is 1.56. The zero-order chi connectivity index (χ0) is 88.1. The second-order valence-electron chi connectivity index (χ2n) is 31.2. The maximum Gasteiger partial charge on any atom is 0.264 e. The van der Waals surface area contributed by atoms with E-state index in [0.29, 0.717) is 167 Å². The molecule has 15 rings (SSSR count). The van der Waals surface area contributed by atoms with Crippen LogP contribution in [-0.4, -0.2) is 149 Å². The van der Waals surface area contributed by atoms with Gasteiger partial charge in [0.15, 0.2) is 17.9 Å². The molecule has 2 aromatic heterocycles. The summed E-state index contributed by atoms with van der Waals surface area (Å²) in [6.07, 6.45) is 5.41. The lowest BCUT2D eigenvalue weighted by Gasteiger charge is -2.32. The van der Waals surface area contributed by atoms with Crippen molar-refractivity contribution in [2.24, 2.45) is 28.9 Å². The number of rotatable bonds is 22. The van der Waals surface area contributed by atoms with Crippen molar-refractivity contribution in [1.29, 1.82) is 0 Å². The Balaban J connectivity index is 0.000000151. The van der Waals surface area contributed by atoms with Crippen molar-refractivity contribution in [2.45, 2.75) is 165 Å². The first-order valence-corrected chi connectivity index (χ1v) is 42.6. The molecule has 8 amide bonds. The monoisotopic (exact) mass is 1770 g/mol. The molecule has 0 radical (unpaired) electrons. The third-order valence-corrected chi connectivity index (χ3v) is 24.4. The van der Waals surface area contributed by atoms with E-state index in [4.69, 9.17) is 80.9 Å². The normalized spacial score (nSPS) is 19.3. The number of hydrogen-bond acceptors (Lipinski definition) is 18. The number of aromatic nitrogens is 2. The number of halogens is 5. The zero-order valence-electron chi connectivity index (χ0n) is 67.8. The largest absolute Gasteiger partial charge is 0.618 e. The highest BCUT2D eigenvalue weighted by molar-refractivity contribution is 6.32. The molecule has 7 aromatic carbocycles. The smallest absolute Gasteiger partial charge is 0.264 e. The third kappa shape index (κ3) is 20.0. The third-order valence-electron chi connectivity index (χ3n) is 23.3. The molecular formula is C91H99Cl5N14O13. The van der Waals surface area contributed by atoms with Gasteiger partial charge in [-0.15, -0.1) is 0 Å². The van der Waals surface area contributed by atoms with Crippen molar-refractivity contribution < 1.29 is 63.5 Å². The van der Waals surface area contributed by atoms with Gasteiger partial charge in [-0.3, -0.25) is 43.3 Å². The molecule has 123 heavy (non-hydrogen) atoms. The predicted octanol–water partition coefficient (Wildman–Crippen LogP) is 8.89. The Morgan fingerprint density at radius 3 is 1.21 bits per heavy atom. The molecule has 8 atom stereocenters. The van der Waals surface area contributed by atoms with E-state index in [0.717, 1.165) is 56.5 Å². The maximum absolute atomic E-state index is 13.9. The summed E-state index contributed by atoms with van der Waals surface area (Å²) in [4.78, 5) is 115. The first kappa shape index (κ1) is 91.7. The van der Waals surface area contributed by atoms with Crippen molar-refractivity contribution in [3.63, 3.8) is 0 Å². The summed E-state index contributed by atoms with van der Waals surface area (Å²) < 4.78 is 0.660. The molecule has 9 aromatic rings. The van der Waals surface area contributed by atoms with Crippen LogP contribution in [0.25, 0.3) is 22.5 Å². The molecule has 4 saturated heterocycles. The molecule has 6 aliphatic rings. The quantitative estimate of drug-likeness (QED) is 0.0222. The van der Waals surface area contributed by atoms with E-state index in [1.807, 2.05) is 36.4 Å². The van der Waals surface area contributed by atoms with Gasteiger partial charge in [0.25, 0.3) is 23.6 Å². The predicted molar refractivity (Wildman–Crippen MR) is 467 cm³/mol. The summed E-state index contributed by atoms with van der Waals surface area (Å²) in [5, 5.41) is 71.0. The van der Waals surface area contributed by atoms with Gasteiger partial charge in [-0.25, -0.2) is 0 Å². The highest BCUT2D eigenvalue weighted by Crippen LogP contribution is 2.50. The van der Waals surface area contributed by atoms with Crippen LogP contribution in [0.1, 0.15) is 144 Å². The van der Waals surface area contributed by atoms with Gasteiger partial charge in [-0.05, 0) is 186 Å². The van der Waals surface area contributed by atoms with Crippen molar-refractivity contribution in [3.8, 4) is 22.5 Å². The number of amides is 8. The minimum Gasteiger partial charge on any atom is -0.618 e. The molecule has 0 spiro atoms. The molecule has 8 unspecified atom stereocenters. The van der Waals surface area contributed by atoms with Crippen molar-refractivity contribution in [1.82, 2.24) is 45.9 Å². The number of likely N-dealkylation sites (tertiary alicyclic amines) is 4. The van der Waals surface area contributed by atoms with E-state index >= 15 is 0 Å². The molecule has 0 saturated carbocycles. The molecule has 2 aliphatic carbocycles. The van der Waals surface area contributed by atoms with Crippen LogP contribution in [0.5, 0.6) is 0 Å². The fourth-order valence-electron chi connectivity index (χ4n) is 16.8. The Morgan fingerprint density at radius 1 is 0.439 bits per heavy atom. The number of aliphatic hydroxyl groups is 4. The van der Waals surface area contributed by atoms with Crippen LogP contribution in [0.4, 0.5) is 0 Å². The van der Waals surface area contributed by atoms with E-state index < -0.39 is 65.3 Å². The fraction of sp³-hybridized carbons (Fsp3) is 0.341. The lowest BCUT2D eigenvalue weighted by atomic mass is 9.90. The highest BCUT2D eigenvalue weighted by Gasteiger charge is 2.56. The second kappa shape index (κ2) is 40.9. The number of carbonyl (C=O) groups excluding carboxylic acids is 8. The zero-order valence-corrected chi connectivity index (χ0v) is 71.6. The Morgan fingerprint density at radius 2 is 0.797 bits per heavy atom. The summed E-state index contributed by atoms with van der Waals surface area (Å²) in [5.74, 6) is -3.26. The van der Waals surface area contributed by atoms with E-state index in [9.17, 15) is 64.0 Å². The first-order valence-electron chi connectivity index (χ1n) is 40.7. The van der Waals surface area contributed by atoms with Gasteiger partial charge >= 0.3 is 0 Å². The van der Waals surface area contributed by atoms with E-state index in [-0.39, 0.29) is 66.3 Å².